The Morgan fingerprint density at radius 3 is 2.42 bits per heavy atom. The fourth-order valence-corrected chi connectivity index (χ4v) is 0.320. The zero-order chi connectivity index (χ0) is 9.78. The van der Waals surface area contributed by atoms with Gasteiger partial charge in [0.25, 0.3) is 6.17 Å². The molecule has 0 aromatic rings. The van der Waals surface area contributed by atoms with Gasteiger partial charge in [-0.15, -0.1) is 6.42 Å². The molecule has 12 heavy (non-hydrogen) atoms. The number of esters is 1. The van der Waals surface area contributed by atoms with E-state index in [1.54, 1.807) is 5.92 Å². The highest BCUT2D eigenvalue weighted by molar-refractivity contribution is 5.75. The van der Waals surface area contributed by atoms with Crippen molar-refractivity contribution in [2.75, 3.05) is 6.61 Å². The van der Waals surface area contributed by atoms with E-state index in [4.69, 9.17) is 0 Å². The molecule has 0 aromatic heterocycles. The van der Waals surface area contributed by atoms with Crippen LogP contribution in [0.5, 0.6) is 0 Å². The topological polar surface area (TPSA) is 26.3 Å². The summed E-state index contributed by atoms with van der Waals surface area (Å²) in [5.74, 6) is -0.286. The Labute approximate surface area is 65.5 Å². The Morgan fingerprint density at radius 2 is 2.08 bits per heavy atom. The van der Waals surface area contributed by atoms with Crippen molar-refractivity contribution in [3.05, 3.63) is 0 Å². The number of terminal acetylenes is 1. The average Bonchev–Trinajstić information content (AvgIpc) is 1.97. The van der Waals surface area contributed by atoms with E-state index in [0.717, 1.165) is 0 Å². The maximum atomic E-state index is 12.0. The first-order valence-electron chi connectivity index (χ1n) is 2.70. The van der Waals surface area contributed by atoms with Crippen molar-refractivity contribution in [1.82, 2.24) is 0 Å². The van der Waals surface area contributed by atoms with Gasteiger partial charge in [-0.3, -0.25) is 0 Å². The number of carbonyl (C=O) groups excluding carboxylic acids is 1. The van der Waals surface area contributed by atoms with E-state index in [9.17, 15) is 22.4 Å². The summed E-state index contributed by atoms with van der Waals surface area (Å²) in [6, 6.07) is 0. The van der Waals surface area contributed by atoms with E-state index in [-0.39, 0.29) is 0 Å². The molecule has 0 aliphatic carbocycles. The zero-order valence-corrected chi connectivity index (χ0v) is 5.69. The highest BCUT2D eigenvalue weighted by Crippen LogP contribution is 2.23. The Balaban J connectivity index is 4.04. The maximum Gasteiger partial charge on any atom is 0.430 e. The van der Waals surface area contributed by atoms with Gasteiger partial charge in [-0.2, -0.15) is 13.2 Å². The number of halogens is 4. The number of hydrogen-bond donors (Lipinski definition) is 0. The molecule has 1 unspecified atom stereocenters. The van der Waals surface area contributed by atoms with E-state index in [1.807, 2.05) is 0 Å². The minimum atomic E-state index is -5.23. The second kappa shape index (κ2) is 3.95. The lowest BCUT2D eigenvalue weighted by Gasteiger charge is -2.09. The number of carbonyl (C=O) groups is 1. The highest BCUT2D eigenvalue weighted by atomic mass is 19.4. The van der Waals surface area contributed by atoms with Crippen molar-refractivity contribution in [1.29, 1.82) is 0 Å². The smallest absolute Gasteiger partial charge is 0.430 e. The minimum absolute atomic E-state index is 0.671. The van der Waals surface area contributed by atoms with Crippen LogP contribution in [0.25, 0.3) is 0 Å². The summed E-state index contributed by atoms with van der Waals surface area (Å²) in [6.45, 7) is -0.671. The summed E-state index contributed by atoms with van der Waals surface area (Å²) in [5, 5.41) is 0. The van der Waals surface area contributed by atoms with Gasteiger partial charge in [0.05, 0.1) is 0 Å². The third-order valence-electron chi connectivity index (χ3n) is 0.792. The summed E-state index contributed by atoms with van der Waals surface area (Å²) in [4.78, 5) is 10.1. The fraction of sp³-hybridized carbons (Fsp3) is 0.500. The van der Waals surface area contributed by atoms with Crippen LogP contribution in [0.15, 0.2) is 0 Å². The highest BCUT2D eigenvalue weighted by Gasteiger charge is 2.46. The molecule has 6 heteroatoms. The van der Waals surface area contributed by atoms with Crippen LogP contribution >= 0.6 is 0 Å². The van der Waals surface area contributed by atoms with Crippen molar-refractivity contribution < 1.29 is 27.1 Å². The van der Waals surface area contributed by atoms with E-state index in [1.165, 1.54) is 0 Å². The predicted molar refractivity (Wildman–Crippen MR) is 30.7 cm³/mol. The molecule has 0 radical (unpaired) electrons. The van der Waals surface area contributed by atoms with E-state index >= 15 is 0 Å². The number of ether oxygens (including phenoxy) is 1. The second-order valence-corrected chi connectivity index (χ2v) is 1.72. The van der Waals surface area contributed by atoms with Gasteiger partial charge < -0.3 is 4.74 Å². The van der Waals surface area contributed by atoms with Gasteiger partial charge in [-0.25, -0.2) is 9.18 Å². The maximum absolute atomic E-state index is 12.0. The number of alkyl halides is 4. The Hall–Kier alpha value is -1.25. The van der Waals surface area contributed by atoms with Crippen LogP contribution in [0.3, 0.4) is 0 Å². The Bertz CT molecular complexity index is 203. The Morgan fingerprint density at radius 1 is 1.58 bits per heavy atom. The molecule has 0 aromatic carbocycles. The molecule has 0 bridgehead atoms. The fourth-order valence-electron chi connectivity index (χ4n) is 0.320. The monoisotopic (exact) mass is 184 g/mol. The summed E-state index contributed by atoms with van der Waals surface area (Å²) in [6.07, 6.45) is -4.29. The molecule has 1 atom stereocenters. The molecule has 0 spiro atoms. The molecule has 0 amide bonds. The van der Waals surface area contributed by atoms with Crippen molar-refractivity contribution in [2.45, 2.75) is 12.3 Å². The Kier molecular flexibility index (Phi) is 3.54. The minimum Gasteiger partial charge on any atom is -0.450 e. The normalized spacial score (nSPS) is 13.2. The van der Waals surface area contributed by atoms with Crippen LogP contribution < -0.4 is 0 Å². The zero-order valence-electron chi connectivity index (χ0n) is 5.69. The molecule has 0 heterocycles. The molecule has 0 saturated heterocycles. The van der Waals surface area contributed by atoms with Crippen LogP contribution in [0.1, 0.15) is 0 Å². The largest absolute Gasteiger partial charge is 0.450 e. The van der Waals surface area contributed by atoms with Crippen molar-refractivity contribution in [2.24, 2.45) is 0 Å². The number of hydrogen-bond acceptors (Lipinski definition) is 2. The third-order valence-corrected chi connectivity index (χ3v) is 0.792. The standard InChI is InChI=1S/C6H4F4O2/c1-2-3-12-5(11)4(7)6(8,9)10/h1,4H,3H2. The van der Waals surface area contributed by atoms with Crippen molar-refractivity contribution in [3.63, 3.8) is 0 Å². The van der Waals surface area contributed by atoms with Crippen molar-refractivity contribution >= 4 is 5.97 Å². The van der Waals surface area contributed by atoms with Gasteiger partial charge in [0, 0.05) is 0 Å². The van der Waals surface area contributed by atoms with Crippen LogP contribution in [0, 0.1) is 12.3 Å². The lowest BCUT2D eigenvalue weighted by molar-refractivity contribution is -0.200. The number of rotatable bonds is 2. The molecule has 0 N–H and O–H groups in total. The molecule has 0 rings (SSSR count). The van der Waals surface area contributed by atoms with Gasteiger partial charge in [-0.05, 0) is 0 Å². The van der Waals surface area contributed by atoms with Crippen LogP contribution in [-0.2, 0) is 9.53 Å². The average molecular weight is 184 g/mol. The van der Waals surface area contributed by atoms with Crippen molar-refractivity contribution in [3.8, 4) is 12.3 Å². The summed E-state index contributed by atoms with van der Waals surface area (Å²) in [7, 11) is 0. The predicted octanol–water partition coefficient (Wildman–Crippen LogP) is 1.06. The van der Waals surface area contributed by atoms with E-state index in [2.05, 4.69) is 11.2 Å². The quantitative estimate of drug-likeness (QED) is 0.364. The first-order chi connectivity index (χ1) is 5.39. The first-order valence-corrected chi connectivity index (χ1v) is 2.70. The summed E-state index contributed by atoms with van der Waals surface area (Å²) < 4.78 is 49.9. The molecular weight excluding hydrogens is 180 g/mol. The van der Waals surface area contributed by atoms with Gasteiger partial charge in [0.1, 0.15) is 0 Å². The van der Waals surface area contributed by atoms with Gasteiger partial charge >= 0.3 is 12.1 Å². The van der Waals surface area contributed by atoms with E-state index in [0.29, 0.717) is 0 Å². The third kappa shape index (κ3) is 3.23. The van der Waals surface area contributed by atoms with E-state index < -0.39 is 24.9 Å². The molecule has 0 fully saturated rings. The van der Waals surface area contributed by atoms with Crippen LogP contribution in [-0.4, -0.2) is 24.9 Å². The van der Waals surface area contributed by atoms with Crippen LogP contribution in [0.2, 0.25) is 0 Å². The van der Waals surface area contributed by atoms with Crippen LogP contribution in [0.4, 0.5) is 17.6 Å². The molecule has 0 aliphatic heterocycles. The molecule has 68 valence electrons. The molecule has 0 aliphatic rings. The summed E-state index contributed by atoms with van der Waals surface area (Å²) in [5.41, 5.74) is 0. The molecular formula is C6H4F4O2. The van der Waals surface area contributed by atoms with Gasteiger partial charge in [0.2, 0.25) is 0 Å². The SMILES string of the molecule is C#CCOC(=O)C(F)C(F)(F)F. The van der Waals surface area contributed by atoms with Gasteiger partial charge in [-0.1, -0.05) is 5.92 Å². The van der Waals surface area contributed by atoms with Gasteiger partial charge in [0.15, 0.2) is 6.61 Å². The first kappa shape index (κ1) is 10.8. The second-order valence-electron chi connectivity index (χ2n) is 1.72. The molecule has 2 nitrogen and oxygen atoms in total. The lowest BCUT2D eigenvalue weighted by Crippen LogP contribution is -2.34. The lowest BCUT2D eigenvalue weighted by atomic mass is 10.4. The summed E-state index contributed by atoms with van der Waals surface area (Å²) >= 11 is 0. The molecule has 0 saturated carbocycles.